The fourth-order valence-corrected chi connectivity index (χ4v) is 6.22. The summed E-state index contributed by atoms with van der Waals surface area (Å²) in [5.74, 6) is -2.51. The van der Waals surface area contributed by atoms with Gasteiger partial charge in [-0.25, -0.2) is 4.79 Å². The van der Waals surface area contributed by atoms with Crippen LogP contribution in [0.2, 0.25) is 0 Å². The number of alkyl halides is 1. The lowest BCUT2D eigenvalue weighted by molar-refractivity contribution is -0.154. The van der Waals surface area contributed by atoms with Crippen molar-refractivity contribution in [1.29, 1.82) is 0 Å². The highest BCUT2D eigenvalue weighted by atomic mass is 79.9. The third kappa shape index (κ3) is 3.86. The van der Waals surface area contributed by atoms with Gasteiger partial charge in [-0.3, -0.25) is 14.4 Å². The van der Waals surface area contributed by atoms with Crippen molar-refractivity contribution in [3.8, 4) is 5.75 Å². The fraction of sp³-hybridized carbons (Fsp3) is 0.360. The summed E-state index contributed by atoms with van der Waals surface area (Å²) in [6.07, 6.45) is 0.574. The van der Waals surface area contributed by atoms with Crippen molar-refractivity contribution in [3.05, 3.63) is 65.2 Å². The number of ketones is 1. The van der Waals surface area contributed by atoms with E-state index >= 15 is 0 Å². The molecule has 2 aliphatic carbocycles. The number of hydrogen-bond donors (Lipinski definition) is 0. The molecule has 2 aromatic carbocycles. The maximum Gasteiger partial charge on any atom is 0.343 e. The first-order chi connectivity index (χ1) is 15.8. The van der Waals surface area contributed by atoms with Gasteiger partial charge in [-0.2, -0.15) is 0 Å². The SMILES string of the molecule is Cc1ccc(C(=O)Oc2ccc(C(=O)COC(=O)[C@@H]3[C@H]4C[C@H]5[C@H](OC(=O)[C@@H]53)[C@@H]4Br)cc2)cc1. The van der Waals surface area contributed by atoms with E-state index in [2.05, 4.69) is 15.9 Å². The lowest BCUT2D eigenvalue weighted by Gasteiger charge is -2.26. The van der Waals surface area contributed by atoms with Crippen LogP contribution in [-0.4, -0.2) is 41.2 Å². The maximum absolute atomic E-state index is 12.7. The zero-order valence-electron chi connectivity index (χ0n) is 17.7. The van der Waals surface area contributed by atoms with Gasteiger partial charge in [0.2, 0.25) is 0 Å². The third-order valence-electron chi connectivity index (χ3n) is 6.81. The number of carbonyl (C=O) groups excluding carboxylic acids is 4. The molecular weight excluding hydrogens is 492 g/mol. The van der Waals surface area contributed by atoms with Crippen LogP contribution in [0.1, 0.15) is 32.7 Å². The Bertz CT molecular complexity index is 1120. The Hall–Kier alpha value is -3.00. The van der Waals surface area contributed by atoms with Gasteiger partial charge >= 0.3 is 17.9 Å². The van der Waals surface area contributed by atoms with Crippen molar-refractivity contribution in [2.75, 3.05) is 6.61 Å². The van der Waals surface area contributed by atoms with Crippen molar-refractivity contribution in [3.63, 3.8) is 0 Å². The number of fused-ring (bicyclic) bond motifs is 1. The van der Waals surface area contributed by atoms with Gasteiger partial charge in [0.1, 0.15) is 11.9 Å². The summed E-state index contributed by atoms with van der Waals surface area (Å²) in [5, 5.41) is 0. The molecule has 8 heteroatoms. The predicted octanol–water partition coefficient (Wildman–Crippen LogP) is 3.51. The minimum absolute atomic E-state index is 0.0263. The Kier molecular flexibility index (Phi) is 5.56. The molecule has 0 aromatic heterocycles. The second-order valence-electron chi connectivity index (χ2n) is 8.77. The first-order valence-corrected chi connectivity index (χ1v) is 11.7. The topological polar surface area (TPSA) is 96.0 Å². The fourth-order valence-electron chi connectivity index (χ4n) is 5.18. The van der Waals surface area contributed by atoms with Crippen LogP contribution in [-0.2, 0) is 19.1 Å². The summed E-state index contributed by atoms with van der Waals surface area (Å²) < 4.78 is 16.0. The van der Waals surface area contributed by atoms with Crippen molar-refractivity contribution in [2.24, 2.45) is 23.7 Å². The summed E-state index contributed by atoms with van der Waals surface area (Å²) >= 11 is 3.56. The molecule has 1 heterocycles. The molecule has 5 rings (SSSR count). The number of benzene rings is 2. The average Bonchev–Trinajstić information content (AvgIpc) is 3.42. The highest BCUT2D eigenvalue weighted by Crippen LogP contribution is 2.60. The molecule has 33 heavy (non-hydrogen) atoms. The second kappa shape index (κ2) is 8.41. The summed E-state index contributed by atoms with van der Waals surface area (Å²) in [4.78, 5) is 49.6. The zero-order chi connectivity index (χ0) is 23.3. The smallest absolute Gasteiger partial charge is 0.343 e. The van der Waals surface area contributed by atoms with E-state index < -0.39 is 30.4 Å². The molecule has 2 saturated carbocycles. The molecule has 3 aliphatic rings. The first-order valence-electron chi connectivity index (χ1n) is 10.8. The molecule has 0 unspecified atom stereocenters. The highest BCUT2D eigenvalue weighted by Gasteiger charge is 2.68. The quantitative estimate of drug-likeness (QED) is 0.253. The van der Waals surface area contributed by atoms with E-state index in [4.69, 9.17) is 14.2 Å². The van der Waals surface area contributed by atoms with Crippen LogP contribution in [0.4, 0.5) is 0 Å². The maximum atomic E-state index is 12.7. The lowest BCUT2D eigenvalue weighted by Crippen LogP contribution is -2.39. The van der Waals surface area contributed by atoms with Crippen molar-refractivity contribution in [2.45, 2.75) is 24.3 Å². The van der Waals surface area contributed by atoms with Crippen molar-refractivity contribution < 1.29 is 33.4 Å². The Morgan fingerprint density at radius 2 is 1.67 bits per heavy atom. The normalized spacial score (nSPS) is 29.0. The van der Waals surface area contributed by atoms with Crippen molar-refractivity contribution >= 4 is 39.6 Å². The summed E-state index contributed by atoms with van der Waals surface area (Å²) in [5.41, 5.74) is 1.79. The van der Waals surface area contributed by atoms with Crippen LogP contribution in [0, 0.1) is 30.6 Å². The second-order valence-corrected chi connectivity index (χ2v) is 9.83. The van der Waals surface area contributed by atoms with Crippen LogP contribution < -0.4 is 4.74 Å². The highest BCUT2D eigenvalue weighted by molar-refractivity contribution is 9.09. The van der Waals surface area contributed by atoms with E-state index in [0.29, 0.717) is 16.9 Å². The summed E-state index contributed by atoms with van der Waals surface area (Å²) in [7, 11) is 0. The molecule has 0 N–H and O–H groups in total. The molecule has 3 fully saturated rings. The Labute approximate surface area is 198 Å². The van der Waals surface area contributed by atoms with Gasteiger partial charge in [-0.1, -0.05) is 33.6 Å². The minimum atomic E-state index is -0.581. The molecule has 7 nitrogen and oxygen atoms in total. The minimum Gasteiger partial charge on any atom is -0.461 e. The van der Waals surface area contributed by atoms with Gasteiger partial charge in [0.05, 0.1) is 22.2 Å². The Balaban J connectivity index is 1.17. The van der Waals surface area contributed by atoms with E-state index in [9.17, 15) is 19.2 Å². The number of ether oxygens (including phenoxy) is 3. The standard InChI is InChI=1S/C25H21BrO7/c1-12-2-4-14(5-3-12)23(28)32-15-8-6-13(7-9-15)18(27)11-31-24(29)19-16-10-17-20(19)25(30)33-22(17)21(16)26/h2-9,16-17,19-22H,10-11H2,1H3/t16-,17-,19-,20+,21-,22+/m1/s1. The lowest BCUT2D eigenvalue weighted by atomic mass is 9.80. The van der Waals surface area contributed by atoms with Crippen LogP contribution in [0.15, 0.2) is 48.5 Å². The molecule has 1 aliphatic heterocycles. The molecule has 170 valence electrons. The van der Waals surface area contributed by atoms with Crippen LogP contribution in [0.25, 0.3) is 0 Å². The largest absolute Gasteiger partial charge is 0.461 e. The van der Waals surface area contributed by atoms with Crippen molar-refractivity contribution in [1.82, 2.24) is 0 Å². The van der Waals surface area contributed by atoms with Gasteiger partial charge in [-0.05, 0) is 55.7 Å². The number of Topliss-reactive ketones (excluding diaryl/α,β-unsaturated/α-hetero) is 1. The number of esters is 3. The molecular formula is C25H21BrO7. The first kappa shape index (κ1) is 21.8. The monoisotopic (exact) mass is 512 g/mol. The molecule has 1 saturated heterocycles. The number of aryl methyl sites for hydroxylation is 1. The summed E-state index contributed by atoms with van der Waals surface area (Å²) in [6.45, 7) is 1.50. The molecule has 2 bridgehead atoms. The molecule has 6 atom stereocenters. The molecule has 0 radical (unpaired) electrons. The third-order valence-corrected chi connectivity index (χ3v) is 8.01. The van der Waals surface area contributed by atoms with Crippen LogP contribution >= 0.6 is 15.9 Å². The molecule has 0 spiro atoms. The molecule has 0 amide bonds. The average molecular weight is 513 g/mol. The summed E-state index contributed by atoms with van der Waals surface area (Å²) in [6, 6.07) is 13.1. The van der Waals surface area contributed by atoms with E-state index in [1.807, 2.05) is 19.1 Å². The Morgan fingerprint density at radius 3 is 2.36 bits per heavy atom. The van der Waals surface area contributed by atoms with Gasteiger partial charge < -0.3 is 14.2 Å². The van der Waals surface area contributed by atoms with Crippen LogP contribution in [0.3, 0.4) is 0 Å². The number of carbonyl (C=O) groups is 4. The zero-order valence-corrected chi connectivity index (χ0v) is 19.3. The number of hydrogen-bond acceptors (Lipinski definition) is 7. The van der Waals surface area contributed by atoms with E-state index in [0.717, 1.165) is 12.0 Å². The predicted molar refractivity (Wildman–Crippen MR) is 119 cm³/mol. The van der Waals surface area contributed by atoms with Gasteiger partial charge in [0.25, 0.3) is 0 Å². The Morgan fingerprint density at radius 1 is 1.00 bits per heavy atom. The van der Waals surface area contributed by atoms with Gasteiger partial charge in [0, 0.05) is 11.5 Å². The van der Waals surface area contributed by atoms with E-state index in [1.165, 1.54) is 24.3 Å². The van der Waals surface area contributed by atoms with Gasteiger partial charge in [-0.15, -0.1) is 0 Å². The molecule has 2 aromatic rings. The van der Waals surface area contributed by atoms with Gasteiger partial charge in [0.15, 0.2) is 12.4 Å². The van der Waals surface area contributed by atoms with E-state index in [-0.39, 0.29) is 34.5 Å². The number of rotatable bonds is 6. The van der Waals surface area contributed by atoms with E-state index in [1.54, 1.807) is 12.1 Å². The van der Waals surface area contributed by atoms with Crippen LogP contribution in [0.5, 0.6) is 5.75 Å². The number of halogens is 1.